The van der Waals surface area contributed by atoms with E-state index in [1.807, 2.05) is 45.0 Å². The van der Waals surface area contributed by atoms with E-state index in [0.717, 1.165) is 22.2 Å². The number of fused-ring (bicyclic) bond motifs is 1. The maximum Gasteiger partial charge on any atom is 0.252 e. The first-order valence-corrected chi connectivity index (χ1v) is 5.78. The van der Waals surface area contributed by atoms with Gasteiger partial charge in [0.15, 0.2) is 0 Å². The summed E-state index contributed by atoms with van der Waals surface area (Å²) in [6.07, 6.45) is 0. The number of nitrogens with one attached hydrogen (secondary N) is 1. The first kappa shape index (κ1) is 11.6. The molecule has 1 aromatic carbocycles. The van der Waals surface area contributed by atoms with Crippen LogP contribution >= 0.6 is 0 Å². The van der Waals surface area contributed by atoms with Gasteiger partial charge in [0, 0.05) is 17.6 Å². The third-order valence-electron chi connectivity index (χ3n) is 2.75. The zero-order valence-electron chi connectivity index (χ0n) is 10.4. The van der Waals surface area contributed by atoms with Crippen LogP contribution in [-0.2, 0) is 0 Å². The summed E-state index contributed by atoms with van der Waals surface area (Å²) in [5.41, 5.74) is 3.58. The van der Waals surface area contributed by atoms with Gasteiger partial charge >= 0.3 is 0 Å². The zero-order valence-corrected chi connectivity index (χ0v) is 10.4. The Hall–Kier alpha value is -1.90. The number of pyridine rings is 1. The van der Waals surface area contributed by atoms with E-state index >= 15 is 0 Å². The maximum absolute atomic E-state index is 12.0. The number of carbonyl (C=O) groups excluding carboxylic acids is 1. The second kappa shape index (κ2) is 4.53. The van der Waals surface area contributed by atoms with Crippen LogP contribution in [0.25, 0.3) is 10.9 Å². The van der Waals surface area contributed by atoms with Crippen LogP contribution in [0.15, 0.2) is 24.3 Å². The van der Waals surface area contributed by atoms with Crippen LogP contribution in [0.5, 0.6) is 0 Å². The van der Waals surface area contributed by atoms with Crippen molar-refractivity contribution in [1.82, 2.24) is 10.3 Å². The highest BCUT2D eigenvalue weighted by atomic mass is 16.1. The molecule has 0 aliphatic carbocycles. The van der Waals surface area contributed by atoms with Crippen LogP contribution < -0.4 is 5.32 Å². The molecule has 2 aromatic rings. The predicted octanol–water partition coefficient (Wildman–Crippen LogP) is 2.60. The van der Waals surface area contributed by atoms with Gasteiger partial charge in [0.2, 0.25) is 0 Å². The maximum atomic E-state index is 12.0. The van der Waals surface area contributed by atoms with Gasteiger partial charge in [-0.1, -0.05) is 18.2 Å². The smallest absolute Gasteiger partial charge is 0.252 e. The van der Waals surface area contributed by atoms with Crippen molar-refractivity contribution in [2.24, 2.45) is 0 Å². The van der Waals surface area contributed by atoms with E-state index in [0.29, 0.717) is 12.1 Å². The number of hydrogen-bond donors (Lipinski definition) is 1. The van der Waals surface area contributed by atoms with Gasteiger partial charge in [-0.2, -0.15) is 0 Å². The Morgan fingerprint density at radius 2 is 2.12 bits per heavy atom. The topological polar surface area (TPSA) is 42.0 Å². The number of carbonyl (C=O) groups is 1. The molecule has 1 amide bonds. The molecule has 0 fully saturated rings. The molecule has 3 nitrogen and oxygen atoms in total. The van der Waals surface area contributed by atoms with Crippen molar-refractivity contribution >= 4 is 16.8 Å². The zero-order chi connectivity index (χ0) is 12.4. The Morgan fingerprint density at radius 3 is 2.82 bits per heavy atom. The summed E-state index contributed by atoms with van der Waals surface area (Å²) < 4.78 is 0. The number of hydrogen-bond acceptors (Lipinski definition) is 2. The van der Waals surface area contributed by atoms with Gasteiger partial charge in [-0.15, -0.1) is 0 Å². The van der Waals surface area contributed by atoms with Gasteiger partial charge in [-0.05, 0) is 32.4 Å². The second-order valence-corrected chi connectivity index (χ2v) is 4.14. The summed E-state index contributed by atoms with van der Waals surface area (Å²) in [6, 6.07) is 7.75. The summed E-state index contributed by atoms with van der Waals surface area (Å²) in [4.78, 5) is 16.5. The number of para-hydroxylation sites is 1. The number of amides is 1. The monoisotopic (exact) mass is 228 g/mol. The summed E-state index contributed by atoms with van der Waals surface area (Å²) in [5, 5.41) is 3.75. The van der Waals surface area contributed by atoms with Crippen LogP contribution in [0.1, 0.15) is 28.5 Å². The lowest BCUT2D eigenvalue weighted by Crippen LogP contribution is -2.23. The molecule has 1 heterocycles. The van der Waals surface area contributed by atoms with E-state index in [9.17, 15) is 4.79 Å². The molecule has 0 radical (unpaired) electrons. The molecule has 1 aromatic heterocycles. The fourth-order valence-electron chi connectivity index (χ4n) is 1.96. The van der Waals surface area contributed by atoms with Gasteiger partial charge in [-0.3, -0.25) is 9.78 Å². The number of aryl methyl sites for hydroxylation is 2. The standard InChI is InChI=1S/C14H16N2O/c1-4-15-14(17)12-8-10(3)16-13-9(2)6-5-7-11(12)13/h5-8H,4H2,1-3H3,(H,15,17). The Balaban J connectivity index is 2.70. The molecule has 0 saturated heterocycles. The molecule has 0 atom stereocenters. The predicted molar refractivity (Wildman–Crippen MR) is 69.2 cm³/mol. The van der Waals surface area contributed by atoms with Gasteiger partial charge in [0.05, 0.1) is 11.1 Å². The van der Waals surface area contributed by atoms with E-state index in [2.05, 4.69) is 10.3 Å². The van der Waals surface area contributed by atoms with Crippen LogP contribution in [0.4, 0.5) is 0 Å². The molecule has 0 saturated carbocycles. The Bertz CT molecular complexity index is 576. The van der Waals surface area contributed by atoms with Crippen molar-refractivity contribution in [3.05, 3.63) is 41.1 Å². The van der Waals surface area contributed by atoms with E-state index in [4.69, 9.17) is 0 Å². The van der Waals surface area contributed by atoms with Gasteiger partial charge in [0.1, 0.15) is 0 Å². The van der Waals surface area contributed by atoms with Crippen molar-refractivity contribution in [2.45, 2.75) is 20.8 Å². The molecule has 0 aliphatic heterocycles. The second-order valence-electron chi connectivity index (χ2n) is 4.14. The Morgan fingerprint density at radius 1 is 1.35 bits per heavy atom. The minimum absolute atomic E-state index is 0.0337. The highest BCUT2D eigenvalue weighted by Crippen LogP contribution is 2.21. The third kappa shape index (κ3) is 2.13. The molecule has 0 bridgehead atoms. The normalized spacial score (nSPS) is 10.5. The Kier molecular flexibility index (Phi) is 3.09. The summed E-state index contributed by atoms with van der Waals surface area (Å²) in [5.74, 6) is -0.0337. The van der Waals surface area contributed by atoms with Gasteiger partial charge in [0.25, 0.3) is 5.91 Å². The van der Waals surface area contributed by atoms with Crippen molar-refractivity contribution in [2.75, 3.05) is 6.54 Å². The van der Waals surface area contributed by atoms with E-state index in [1.54, 1.807) is 0 Å². The molecule has 2 rings (SSSR count). The first-order valence-electron chi connectivity index (χ1n) is 5.78. The quantitative estimate of drug-likeness (QED) is 0.858. The average Bonchev–Trinajstić information content (AvgIpc) is 2.30. The fraction of sp³-hybridized carbons (Fsp3) is 0.286. The molecule has 3 heteroatoms. The molecule has 0 spiro atoms. The first-order chi connectivity index (χ1) is 8.13. The lowest BCUT2D eigenvalue weighted by atomic mass is 10.0. The van der Waals surface area contributed by atoms with Gasteiger partial charge < -0.3 is 5.32 Å². The van der Waals surface area contributed by atoms with E-state index in [1.165, 1.54) is 0 Å². The van der Waals surface area contributed by atoms with Crippen LogP contribution in [0.2, 0.25) is 0 Å². The number of rotatable bonds is 2. The highest BCUT2D eigenvalue weighted by Gasteiger charge is 2.11. The fourth-order valence-corrected chi connectivity index (χ4v) is 1.96. The number of aromatic nitrogens is 1. The minimum atomic E-state index is -0.0337. The molecule has 0 aliphatic rings. The number of benzene rings is 1. The lowest BCUT2D eigenvalue weighted by molar-refractivity contribution is 0.0957. The lowest BCUT2D eigenvalue weighted by Gasteiger charge is -2.09. The summed E-state index contributed by atoms with van der Waals surface area (Å²) in [7, 11) is 0. The Labute approximate surface area is 101 Å². The van der Waals surface area contributed by atoms with Crippen molar-refractivity contribution in [3.8, 4) is 0 Å². The SMILES string of the molecule is CCNC(=O)c1cc(C)nc2c(C)cccc12. The molecular formula is C14H16N2O. The number of nitrogens with zero attached hydrogens (tertiary/aromatic N) is 1. The molecular weight excluding hydrogens is 212 g/mol. The minimum Gasteiger partial charge on any atom is -0.352 e. The average molecular weight is 228 g/mol. The van der Waals surface area contributed by atoms with Crippen molar-refractivity contribution in [3.63, 3.8) is 0 Å². The van der Waals surface area contributed by atoms with E-state index in [-0.39, 0.29) is 5.91 Å². The molecule has 1 N–H and O–H groups in total. The summed E-state index contributed by atoms with van der Waals surface area (Å²) in [6.45, 7) is 6.47. The third-order valence-corrected chi connectivity index (χ3v) is 2.75. The van der Waals surface area contributed by atoms with Crippen LogP contribution in [-0.4, -0.2) is 17.4 Å². The van der Waals surface area contributed by atoms with Crippen LogP contribution in [0.3, 0.4) is 0 Å². The van der Waals surface area contributed by atoms with Crippen molar-refractivity contribution in [1.29, 1.82) is 0 Å². The highest BCUT2D eigenvalue weighted by molar-refractivity contribution is 6.06. The van der Waals surface area contributed by atoms with Gasteiger partial charge in [-0.25, -0.2) is 0 Å². The molecule has 88 valence electrons. The van der Waals surface area contributed by atoms with Crippen molar-refractivity contribution < 1.29 is 4.79 Å². The van der Waals surface area contributed by atoms with Crippen LogP contribution in [0, 0.1) is 13.8 Å². The summed E-state index contributed by atoms with van der Waals surface area (Å²) >= 11 is 0. The van der Waals surface area contributed by atoms with E-state index < -0.39 is 0 Å². The molecule has 0 unspecified atom stereocenters. The largest absolute Gasteiger partial charge is 0.352 e. The molecule has 17 heavy (non-hydrogen) atoms.